The second-order valence-electron chi connectivity index (χ2n) is 0.946. The lowest BCUT2D eigenvalue weighted by Gasteiger charge is -1.83. The van der Waals surface area contributed by atoms with Gasteiger partial charge in [0.15, 0.2) is 0 Å². The molecule has 1 nitrogen and oxygen atoms in total. The Labute approximate surface area is 50.7 Å². The number of allylic oxidation sites excluding steroid dienone is 1. The minimum absolute atomic E-state index is 0.193. The van der Waals surface area contributed by atoms with Crippen molar-refractivity contribution in [3.05, 3.63) is 12.3 Å². The highest BCUT2D eigenvalue weighted by Crippen LogP contribution is 2.05. The molecular weight excluding hydrogens is 208 g/mol. The van der Waals surface area contributed by atoms with E-state index in [0.29, 0.717) is 0 Å². The van der Waals surface area contributed by atoms with Crippen LogP contribution in [-0.4, -0.2) is 7.98 Å². The van der Waals surface area contributed by atoms with Gasteiger partial charge < -0.3 is 0 Å². The van der Waals surface area contributed by atoms with Gasteiger partial charge in [-0.3, -0.25) is 0 Å². The molecule has 0 aromatic carbocycles. The standard InChI is InChI=1S/C4H3FIN/c5-4-6-2-1-3-7-4/h1-3H. The van der Waals surface area contributed by atoms with Crippen LogP contribution in [0.5, 0.6) is 0 Å². The molecule has 0 radical (unpaired) electrons. The summed E-state index contributed by atoms with van der Waals surface area (Å²) in [7, 11) is 0. The van der Waals surface area contributed by atoms with Crippen molar-refractivity contribution < 1.29 is 4.39 Å². The van der Waals surface area contributed by atoms with E-state index in [9.17, 15) is 4.39 Å². The zero-order valence-electron chi connectivity index (χ0n) is 3.44. The molecule has 0 fully saturated rings. The van der Waals surface area contributed by atoms with E-state index in [1.54, 1.807) is 6.08 Å². The molecule has 1 rings (SSSR count). The predicted octanol–water partition coefficient (Wildman–Crippen LogP) is 1.61. The molecule has 1 aliphatic rings. The number of rotatable bonds is 0. The zero-order valence-corrected chi connectivity index (χ0v) is 5.59. The molecule has 0 aromatic heterocycles. The van der Waals surface area contributed by atoms with Crippen LogP contribution >= 0.6 is 20.7 Å². The van der Waals surface area contributed by atoms with Crippen LogP contribution in [0.4, 0.5) is 4.39 Å². The average Bonchev–Trinajstić information content (AvgIpc) is 1.69. The van der Waals surface area contributed by atoms with Crippen molar-refractivity contribution >= 4 is 28.7 Å². The zero-order chi connectivity index (χ0) is 5.11. The van der Waals surface area contributed by atoms with Gasteiger partial charge in [-0.05, 0) is 30.8 Å². The van der Waals surface area contributed by atoms with Crippen molar-refractivity contribution in [3.63, 3.8) is 0 Å². The molecule has 0 saturated heterocycles. The van der Waals surface area contributed by atoms with Gasteiger partial charge in [0.2, 0.25) is 3.97 Å². The van der Waals surface area contributed by atoms with Crippen LogP contribution in [0.25, 0.3) is 0 Å². The van der Waals surface area contributed by atoms with Crippen molar-refractivity contribution in [2.45, 2.75) is 0 Å². The Morgan fingerprint density at radius 2 is 2.57 bits per heavy atom. The Hall–Kier alpha value is -0.0600. The highest BCUT2D eigenvalue weighted by Gasteiger charge is 1.86. The number of nitrogens with zero attached hydrogens (tertiary/aromatic N) is 1. The third-order valence-corrected chi connectivity index (χ3v) is 2.05. The van der Waals surface area contributed by atoms with Gasteiger partial charge in [0.25, 0.3) is 0 Å². The monoisotopic (exact) mass is 211 g/mol. The molecule has 0 atom stereocenters. The average molecular weight is 211 g/mol. The van der Waals surface area contributed by atoms with Gasteiger partial charge in [-0.2, -0.15) is 4.39 Å². The summed E-state index contributed by atoms with van der Waals surface area (Å²) < 4.78 is 13.5. The van der Waals surface area contributed by atoms with Gasteiger partial charge in [0, 0.05) is 6.20 Å². The third-order valence-electron chi connectivity index (χ3n) is 0.484. The SMILES string of the molecule is FC1=NC=CC=I1. The summed E-state index contributed by atoms with van der Waals surface area (Å²) in [6.07, 6.45) is 3.24. The minimum atomic E-state index is -0.477. The first-order chi connectivity index (χ1) is 3.39. The Morgan fingerprint density at radius 3 is 2.86 bits per heavy atom. The summed E-state index contributed by atoms with van der Waals surface area (Å²) in [5, 5.41) is 0. The lowest BCUT2D eigenvalue weighted by molar-refractivity contribution is 0.836. The quantitative estimate of drug-likeness (QED) is 0.539. The largest absolute Gasteiger partial charge is 0.244 e. The smallest absolute Gasteiger partial charge is 0.223 e. The molecule has 0 aliphatic carbocycles. The molecule has 0 bridgehead atoms. The second kappa shape index (κ2) is 2.30. The van der Waals surface area contributed by atoms with Gasteiger partial charge in [0.05, 0.1) is 0 Å². The van der Waals surface area contributed by atoms with E-state index >= 15 is 0 Å². The predicted molar refractivity (Wildman–Crippen MR) is 37.8 cm³/mol. The number of hydrogen-bond acceptors (Lipinski definition) is 1. The fourth-order valence-electron chi connectivity index (χ4n) is 0.248. The molecule has 0 spiro atoms. The highest BCUT2D eigenvalue weighted by atomic mass is 127. The highest BCUT2D eigenvalue weighted by molar-refractivity contribution is 14.2. The van der Waals surface area contributed by atoms with Crippen LogP contribution in [-0.2, 0) is 0 Å². The van der Waals surface area contributed by atoms with Crippen molar-refractivity contribution in [2.24, 2.45) is 4.99 Å². The lowest BCUT2D eigenvalue weighted by atomic mass is 10.7. The molecule has 0 aromatic rings. The summed E-state index contributed by atoms with van der Waals surface area (Å²) in [5.41, 5.74) is 0. The summed E-state index contributed by atoms with van der Waals surface area (Å²) in [6.45, 7) is 0. The van der Waals surface area contributed by atoms with Crippen molar-refractivity contribution in [1.82, 2.24) is 0 Å². The van der Waals surface area contributed by atoms with E-state index in [1.807, 2.05) is 4.01 Å². The molecule has 0 unspecified atom stereocenters. The first kappa shape index (κ1) is 5.08. The topological polar surface area (TPSA) is 12.4 Å². The molecule has 0 amide bonds. The van der Waals surface area contributed by atoms with Crippen LogP contribution in [0.3, 0.4) is 0 Å². The first-order valence-electron chi connectivity index (χ1n) is 1.74. The fourth-order valence-corrected chi connectivity index (χ4v) is 1.26. The Bertz CT molecular complexity index is 148. The summed E-state index contributed by atoms with van der Waals surface area (Å²) in [6, 6.07) is 0. The molecule has 1 heterocycles. The summed E-state index contributed by atoms with van der Waals surface area (Å²) in [4.78, 5) is 3.42. The van der Waals surface area contributed by atoms with Gasteiger partial charge in [-0.25, -0.2) is 4.99 Å². The molecular formula is C4H3FIN. The number of aliphatic imine (C=N–C) groups is 1. The second-order valence-corrected chi connectivity index (χ2v) is 3.18. The van der Waals surface area contributed by atoms with Crippen LogP contribution < -0.4 is 0 Å². The summed E-state index contributed by atoms with van der Waals surface area (Å²) in [5.74, 6) is 0. The van der Waals surface area contributed by atoms with Crippen molar-refractivity contribution in [3.8, 4) is 0 Å². The first-order valence-corrected chi connectivity index (χ1v) is 4.07. The van der Waals surface area contributed by atoms with Gasteiger partial charge in [-0.15, -0.1) is 0 Å². The Kier molecular flexibility index (Phi) is 1.67. The van der Waals surface area contributed by atoms with Gasteiger partial charge in [0.1, 0.15) is 0 Å². The minimum Gasteiger partial charge on any atom is -0.223 e. The Morgan fingerprint density at radius 1 is 1.71 bits per heavy atom. The van der Waals surface area contributed by atoms with Crippen LogP contribution in [0.2, 0.25) is 0 Å². The maximum atomic E-state index is 11.9. The van der Waals surface area contributed by atoms with Crippen LogP contribution in [0.15, 0.2) is 17.3 Å². The van der Waals surface area contributed by atoms with Crippen molar-refractivity contribution in [1.29, 1.82) is 0 Å². The van der Waals surface area contributed by atoms with E-state index in [4.69, 9.17) is 0 Å². The van der Waals surface area contributed by atoms with Crippen LogP contribution in [0, 0.1) is 0 Å². The van der Waals surface area contributed by atoms with Crippen LogP contribution in [0.1, 0.15) is 0 Å². The normalized spacial score (nSPS) is 18.1. The lowest BCUT2D eigenvalue weighted by Crippen LogP contribution is -1.74. The molecule has 3 heteroatoms. The van der Waals surface area contributed by atoms with Gasteiger partial charge >= 0.3 is 0 Å². The molecule has 0 saturated carbocycles. The van der Waals surface area contributed by atoms with E-state index in [1.165, 1.54) is 6.20 Å². The van der Waals surface area contributed by atoms with Gasteiger partial charge in [-0.1, -0.05) is 0 Å². The molecule has 0 N–H and O–H groups in total. The molecule has 1 aliphatic heterocycles. The summed E-state index contributed by atoms with van der Waals surface area (Å²) >= 11 is -0.477. The maximum absolute atomic E-state index is 11.9. The number of hydrogen-bond donors (Lipinski definition) is 0. The molecule has 7 heavy (non-hydrogen) atoms. The van der Waals surface area contributed by atoms with E-state index in [0.717, 1.165) is 0 Å². The number of halogens is 2. The van der Waals surface area contributed by atoms with Crippen molar-refractivity contribution in [2.75, 3.05) is 0 Å². The van der Waals surface area contributed by atoms with E-state index < -0.39 is 20.7 Å². The molecule has 38 valence electrons. The maximum Gasteiger partial charge on any atom is 0.244 e. The van der Waals surface area contributed by atoms with E-state index in [-0.39, 0.29) is 3.97 Å². The fraction of sp³-hybridized carbons (Fsp3) is 0. The van der Waals surface area contributed by atoms with E-state index in [2.05, 4.69) is 4.99 Å². The Balaban J connectivity index is 2.82. The third kappa shape index (κ3) is 1.46.